The Labute approximate surface area is 156 Å². The highest BCUT2D eigenvalue weighted by atomic mass is 35.5. The standard InChI is InChI=1S/C15H11Cl2N5O2S/c16-11-4-3-9(6-12(11)17)20-14-13(22(23)24)8-19-15(21-14)18-7-10-2-1-5-25-10/h1-6,8H,7H2,(H2,18,19,20,21). The fourth-order valence-electron chi connectivity index (χ4n) is 1.98. The molecule has 0 aliphatic heterocycles. The van der Waals surface area contributed by atoms with Crippen molar-refractivity contribution in [1.82, 2.24) is 9.97 Å². The first-order valence-electron chi connectivity index (χ1n) is 7.02. The second-order valence-corrected chi connectivity index (χ2v) is 6.72. The number of anilines is 3. The Morgan fingerprint density at radius 2 is 2.08 bits per heavy atom. The number of halogens is 2. The SMILES string of the molecule is O=[N+]([O-])c1cnc(NCc2cccs2)nc1Nc1ccc(Cl)c(Cl)c1. The van der Waals surface area contributed by atoms with E-state index in [1.807, 2.05) is 17.5 Å². The summed E-state index contributed by atoms with van der Waals surface area (Å²) in [7, 11) is 0. The van der Waals surface area contributed by atoms with Gasteiger partial charge in [0, 0.05) is 10.6 Å². The number of nitro groups is 1. The minimum atomic E-state index is -0.553. The van der Waals surface area contributed by atoms with E-state index < -0.39 is 4.92 Å². The average Bonchev–Trinajstić information content (AvgIpc) is 3.10. The summed E-state index contributed by atoms with van der Waals surface area (Å²) in [5.74, 6) is 0.341. The molecule has 0 amide bonds. The number of rotatable bonds is 6. The molecule has 128 valence electrons. The Morgan fingerprint density at radius 1 is 1.24 bits per heavy atom. The van der Waals surface area contributed by atoms with Gasteiger partial charge in [-0.15, -0.1) is 11.3 Å². The van der Waals surface area contributed by atoms with Gasteiger partial charge in [0.15, 0.2) is 0 Å². The Hall–Kier alpha value is -2.42. The van der Waals surface area contributed by atoms with Crippen LogP contribution >= 0.6 is 34.5 Å². The summed E-state index contributed by atoms with van der Waals surface area (Å²) in [6.45, 7) is 0.529. The molecule has 1 aromatic carbocycles. The molecule has 0 saturated carbocycles. The Morgan fingerprint density at radius 3 is 2.76 bits per heavy atom. The monoisotopic (exact) mass is 395 g/mol. The van der Waals surface area contributed by atoms with Crippen LogP contribution in [0, 0.1) is 10.1 Å². The van der Waals surface area contributed by atoms with E-state index in [1.54, 1.807) is 29.5 Å². The van der Waals surface area contributed by atoms with Crippen molar-refractivity contribution in [2.24, 2.45) is 0 Å². The lowest BCUT2D eigenvalue weighted by atomic mass is 10.3. The fourth-order valence-corrected chi connectivity index (χ4v) is 2.92. The van der Waals surface area contributed by atoms with E-state index in [2.05, 4.69) is 20.6 Å². The number of thiophene rings is 1. The molecule has 2 heterocycles. The molecule has 2 N–H and O–H groups in total. The molecule has 0 atom stereocenters. The quantitative estimate of drug-likeness (QED) is 0.444. The van der Waals surface area contributed by atoms with Crippen molar-refractivity contribution in [3.05, 3.63) is 66.9 Å². The van der Waals surface area contributed by atoms with Crippen LogP contribution in [-0.2, 0) is 6.54 Å². The van der Waals surface area contributed by atoms with Crippen molar-refractivity contribution in [3.8, 4) is 0 Å². The van der Waals surface area contributed by atoms with Crippen LogP contribution in [0.25, 0.3) is 0 Å². The molecule has 25 heavy (non-hydrogen) atoms. The van der Waals surface area contributed by atoms with Gasteiger partial charge >= 0.3 is 5.69 Å². The minimum absolute atomic E-state index is 0.0621. The van der Waals surface area contributed by atoms with Gasteiger partial charge in [0.2, 0.25) is 11.8 Å². The highest BCUT2D eigenvalue weighted by molar-refractivity contribution is 7.09. The third kappa shape index (κ3) is 4.36. The molecule has 3 aromatic rings. The predicted molar refractivity (Wildman–Crippen MR) is 100 cm³/mol. The first kappa shape index (κ1) is 17.4. The van der Waals surface area contributed by atoms with Crippen LogP contribution < -0.4 is 10.6 Å². The molecule has 2 aromatic heterocycles. The molecule has 0 fully saturated rings. The van der Waals surface area contributed by atoms with Crippen LogP contribution in [0.15, 0.2) is 41.9 Å². The molecule has 0 spiro atoms. The number of aromatic nitrogens is 2. The highest BCUT2D eigenvalue weighted by Crippen LogP contribution is 2.30. The lowest BCUT2D eigenvalue weighted by Gasteiger charge is -2.09. The van der Waals surface area contributed by atoms with Gasteiger partial charge in [-0.1, -0.05) is 29.3 Å². The highest BCUT2D eigenvalue weighted by Gasteiger charge is 2.18. The third-order valence-electron chi connectivity index (χ3n) is 3.15. The molecule has 3 rings (SSSR count). The van der Waals surface area contributed by atoms with Gasteiger partial charge in [-0.2, -0.15) is 4.98 Å². The third-order valence-corrected chi connectivity index (χ3v) is 4.76. The number of hydrogen-bond acceptors (Lipinski definition) is 7. The summed E-state index contributed by atoms with van der Waals surface area (Å²) in [6.07, 6.45) is 1.16. The largest absolute Gasteiger partial charge is 0.349 e. The molecule has 7 nitrogen and oxygen atoms in total. The second-order valence-electron chi connectivity index (χ2n) is 4.87. The van der Waals surface area contributed by atoms with Crippen LogP contribution in [0.4, 0.5) is 23.1 Å². The van der Waals surface area contributed by atoms with Crippen molar-refractivity contribution >= 4 is 57.7 Å². The fraction of sp³-hybridized carbons (Fsp3) is 0.0667. The molecule has 0 unspecified atom stereocenters. The first-order chi connectivity index (χ1) is 12.0. The van der Waals surface area contributed by atoms with E-state index in [9.17, 15) is 10.1 Å². The molecule has 0 radical (unpaired) electrons. The molecule has 0 aliphatic carbocycles. The van der Waals surface area contributed by atoms with Gasteiger partial charge in [-0.3, -0.25) is 10.1 Å². The number of benzene rings is 1. The Kier molecular flexibility index (Phi) is 5.32. The summed E-state index contributed by atoms with van der Waals surface area (Å²) in [5.41, 5.74) is 0.285. The Balaban J connectivity index is 1.85. The van der Waals surface area contributed by atoms with E-state index in [-0.39, 0.29) is 17.5 Å². The zero-order chi connectivity index (χ0) is 17.8. The summed E-state index contributed by atoms with van der Waals surface area (Å²) < 4.78 is 0. The lowest BCUT2D eigenvalue weighted by Crippen LogP contribution is -2.06. The smallest absolute Gasteiger partial charge is 0.329 e. The van der Waals surface area contributed by atoms with Gasteiger partial charge in [-0.05, 0) is 29.6 Å². The summed E-state index contributed by atoms with van der Waals surface area (Å²) in [4.78, 5) is 19.9. The van der Waals surface area contributed by atoms with Gasteiger partial charge in [-0.25, -0.2) is 4.98 Å². The van der Waals surface area contributed by atoms with E-state index in [4.69, 9.17) is 23.2 Å². The summed E-state index contributed by atoms with van der Waals surface area (Å²) in [6, 6.07) is 8.72. The zero-order valence-electron chi connectivity index (χ0n) is 12.6. The normalized spacial score (nSPS) is 10.5. The van der Waals surface area contributed by atoms with Crippen molar-refractivity contribution in [3.63, 3.8) is 0 Å². The molecular weight excluding hydrogens is 385 g/mol. The predicted octanol–water partition coefficient (Wildman–Crippen LogP) is 5.11. The molecular formula is C15H11Cl2N5O2S. The first-order valence-corrected chi connectivity index (χ1v) is 8.66. The number of nitrogens with zero attached hydrogens (tertiary/aromatic N) is 3. The van der Waals surface area contributed by atoms with E-state index in [0.717, 1.165) is 11.1 Å². The maximum atomic E-state index is 11.2. The van der Waals surface area contributed by atoms with Crippen LogP contribution in [0.3, 0.4) is 0 Å². The Bertz CT molecular complexity index is 905. The average molecular weight is 396 g/mol. The van der Waals surface area contributed by atoms with Crippen LogP contribution in [-0.4, -0.2) is 14.9 Å². The van der Waals surface area contributed by atoms with Crippen molar-refractivity contribution in [2.75, 3.05) is 10.6 Å². The van der Waals surface area contributed by atoms with Gasteiger partial charge < -0.3 is 10.6 Å². The molecule has 0 aliphatic rings. The van der Waals surface area contributed by atoms with Crippen LogP contribution in [0.5, 0.6) is 0 Å². The number of nitrogens with one attached hydrogen (secondary N) is 2. The lowest BCUT2D eigenvalue weighted by molar-refractivity contribution is -0.384. The van der Waals surface area contributed by atoms with E-state index in [1.165, 1.54) is 0 Å². The second kappa shape index (κ2) is 7.64. The van der Waals surface area contributed by atoms with Crippen molar-refractivity contribution in [2.45, 2.75) is 6.54 Å². The molecule has 10 heteroatoms. The van der Waals surface area contributed by atoms with Crippen molar-refractivity contribution < 1.29 is 4.92 Å². The number of hydrogen-bond donors (Lipinski definition) is 2. The maximum Gasteiger partial charge on any atom is 0.329 e. The zero-order valence-corrected chi connectivity index (χ0v) is 14.9. The van der Waals surface area contributed by atoms with E-state index >= 15 is 0 Å². The van der Waals surface area contributed by atoms with Gasteiger partial charge in [0.25, 0.3) is 0 Å². The van der Waals surface area contributed by atoms with Crippen LogP contribution in [0.2, 0.25) is 10.0 Å². The maximum absolute atomic E-state index is 11.2. The van der Waals surface area contributed by atoms with E-state index in [0.29, 0.717) is 22.3 Å². The summed E-state index contributed by atoms with van der Waals surface area (Å²) >= 11 is 13.4. The summed E-state index contributed by atoms with van der Waals surface area (Å²) in [5, 5.41) is 19.8. The topological polar surface area (TPSA) is 93.0 Å². The molecule has 0 bridgehead atoms. The molecule has 0 saturated heterocycles. The van der Waals surface area contributed by atoms with Crippen molar-refractivity contribution in [1.29, 1.82) is 0 Å². The van der Waals surface area contributed by atoms with Gasteiger partial charge in [0.1, 0.15) is 6.20 Å². The van der Waals surface area contributed by atoms with Crippen LogP contribution in [0.1, 0.15) is 4.88 Å². The minimum Gasteiger partial charge on any atom is -0.349 e. The van der Waals surface area contributed by atoms with Gasteiger partial charge in [0.05, 0.1) is 21.5 Å².